The van der Waals surface area contributed by atoms with Crippen LogP contribution in [-0.2, 0) is 0 Å². The Morgan fingerprint density at radius 1 is 1.24 bits per heavy atom. The van der Waals surface area contributed by atoms with Gasteiger partial charge in [0.15, 0.2) is 0 Å². The fourth-order valence-electron chi connectivity index (χ4n) is 1.45. The maximum Gasteiger partial charge on any atom is 0.119 e. The maximum atomic E-state index is 5.92. The number of anilines is 1. The van der Waals surface area contributed by atoms with Crippen molar-refractivity contribution in [2.45, 2.75) is 45.8 Å². The molecule has 17 heavy (non-hydrogen) atoms. The van der Waals surface area contributed by atoms with Crippen molar-refractivity contribution in [3.63, 3.8) is 0 Å². The predicted octanol–water partition coefficient (Wildman–Crippen LogP) is 3.01. The van der Waals surface area contributed by atoms with Gasteiger partial charge in [-0.2, -0.15) is 0 Å². The van der Waals surface area contributed by atoms with E-state index in [1.807, 2.05) is 52.0 Å². The molecule has 0 bridgehead atoms. The minimum atomic E-state index is -0.117. The first-order valence-corrected chi connectivity index (χ1v) is 6.16. The number of rotatable bonds is 6. The lowest BCUT2D eigenvalue weighted by Gasteiger charge is -2.19. The number of hydrogen-bond acceptors (Lipinski definition) is 3. The molecule has 3 nitrogen and oxygen atoms in total. The third-order valence-corrected chi connectivity index (χ3v) is 2.32. The van der Waals surface area contributed by atoms with Crippen molar-refractivity contribution >= 4 is 5.69 Å². The third kappa shape index (κ3) is 6.17. The van der Waals surface area contributed by atoms with Crippen LogP contribution < -0.4 is 15.8 Å². The molecule has 0 heterocycles. The van der Waals surface area contributed by atoms with E-state index in [4.69, 9.17) is 10.5 Å². The molecular weight excluding hydrogens is 212 g/mol. The van der Waals surface area contributed by atoms with Crippen LogP contribution in [0, 0.1) is 0 Å². The van der Waals surface area contributed by atoms with Crippen LogP contribution in [0.2, 0.25) is 0 Å². The van der Waals surface area contributed by atoms with Gasteiger partial charge in [-0.05, 0) is 58.4 Å². The van der Waals surface area contributed by atoms with Gasteiger partial charge in [-0.15, -0.1) is 0 Å². The van der Waals surface area contributed by atoms with E-state index < -0.39 is 0 Å². The third-order valence-electron chi connectivity index (χ3n) is 2.32. The van der Waals surface area contributed by atoms with Crippen LogP contribution in [0.25, 0.3) is 0 Å². The van der Waals surface area contributed by atoms with Gasteiger partial charge in [0.05, 0.1) is 6.10 Å². The van der Waals surface area contributed by atoms with Crippen LogP contribution in [-0.4, -0.2) is 18.2 Å². The molecule has 96 valence electrons. The molecule has 0 saturated carbocycles. The summed E-state index contributed by atoms with van der Waals surface area (Å²) in [5.41, 5.74) is 6.90. The SMILES string of the molecule is CC(C)Oc1ccc(NCCC(C)(C)N)cc1. The smallest absolute Gasteiger partial charge is 0.119 e. The van der Waals surface area contributed by atoms with Crippen molar-refractivity contribution in [1.29, 1.82) is 0 Å². The highest BCUT2D eigenvalue weighted by Gasteiger charge is 2.09. The zero-order valence-electron chi connectivity index (χ0n) is 11.3. The Morgan fingerprint density at radius 2 is 1.82 bits per heavy atom. The van der Waals surface area contributed by atoms with Gasteiger partial charge in [0.1, 0.15) is 5.75 Å². The van der Waals surface area contributed by atoms with E-state index in [1.54, 1.807) is 0 Å². The summed E-state index contributed by atoms with van der Waals surface area (Å²) in [6, 6.07) is 8.02. The van der Waals surface area contributed by atoms with Gasteiger partial charge in [-0.3, -0.25) is 0 Å². The summed E-state index contributed by atoms with van der Waals surface area (Å²) in [5.74, 6) is 0.907. The summed E-state index contributed by atoms with van der Waals surface area (Å²) in [6.45, 7) is 9.00. The predicted molar refractivity (Wildman–Crippen MR) is 73.6 cm³/mol. The van der Waals surface area contributed by atoms with E-state index >= 15 is 0 Å². The first-order chi connectivity index (χ1) is 7.87. The van der Waals surface area contributed by atoms with Crippen LogP contribution in [0.1, 0.15) is 34.1 Å². The Morgan fingerprint density at radius 3 is 2.29 bits per heavy atom. The summed E-state index contributed by atoms with van der Waals surface area (Å²) in [7, 11) is 0. The van der Waals surface area contributed by atoms with E-state index in [-0.39, 0.29) is 11.6 Å². The van der Waals surface area contributed by atoms with Crippen molar-refractivity contribution in [2.75, 3.05) is 11.9 Å². The molecule has 0 aliphatic rings. The van der Waals surface area contributed by atoms with Crippen LogP contribution in [0.4, 0.5) is 5.69 Å². The summed E-state index contributed by atoms with van der Waals surface area (Å²) in [4.78, 5) is 0. The fraction of sp³-hybridized carbons (Fsp3) is 0.571. The molecule has 0 radical (unpaired) electrons. The standard InChI is InChI=1S/C14H24N2O/c1-11(2)17-13-7-5-12(6-8-13)16-10-9-14(3,4)15/h5-8,11,16H,9-10,15H2,1-4H3. The molecule has 0 spiro atoms. The van der Waals surface area contributed by atoms with Gasteiger partial charge in [-0.25, -0.2) is 0 Å². The molecule has 3 N–H and O–H groups in total. The highest BCUT2D eigenvalue weighted by molar-refractivity contribution is 5.46. The number of benzene rings is 1. The fourth-order valence-corrected chi connectivity index (χ4v) is 1.45. The average molecular weight is 236 g/mol. The molecule has 0 aromatic heterocycles. The monoisotopic (exact) mass is 236 g/mol. The van der Waals surface area contributed by atoms with Gasteiger partial charge in [-0.1, -0.05) is 0 Å². The lowest BCUT2D eigenvalue weighted by molar-refractivity contribution is 0.242. The van der Waals surface area contributed by atoms with Crippen molar-refractivity contribution in [3.8, 4) is 5.75 Å². The Labute approximate surface area is 104 Å². The lowest BCUT2D eigenvalue weighted by atomic mass is 10.0. The molecule has 0 unspecified atom stereocenters. The Bertz CT molecular complexity index is 325. The first-order valence-electron chi connectivity index (χ1n) is 6.16. The molecule has 0 atom stereocenters. The molecule has 0 aliphatic carbocycles. The van der Waals surface area contributed by atoms with Gasteiger partial charge in [0.2, 0.25) is 0 Å². The summed E-state index contributed by atoms with van der Waals surface area (Å²) < 4.78 is 5.58. The van der Waals surface area contributed by atoms with Gasteiger partial charge in [0, 0.05) is 17.8 Å². The Kier molecular flexibility index (Phi) is 4.82. The highest BCUT2D eigenvalue weighted by atomic mass is 16.5. The minimum Gasteiger partial charge on any atom is -0.491 e. The largest absolute Gasteiger partial charge is 0.491 e. The number of nitrogens with two attached hydrogens (primary N) is 1. The highest BCUT2D eigenvalue weighted by Crippen LogP contribution is 2.17. The molecular formula is C14H24N2O. The van der Waals surface area contributed by atoms with Gasteiger partial charge < -0.3 is 15.8 Å². The Balaban J connectivity index is 2.40. The second-order valence-corrected chi connectivity index (χ2v) is 5.36. The summed E-state index contributed by atoms with van der Waals surface area (Å²) in [6.07, 6.45) is 1.16. The zero-order valence-corrected chi connectivity index (χ0v) is 11.3. The second kappa shape index (κ2) is 5.92. The minimum absolute atomic E-state index is 0.117. The van der Waals surface area contributed by atoms with Crippen LogP contribution in [0.3, 0.4) is 0 Å². The van der Waals surface area contributed by atoms with Crippen LogP contribution in [0.5, 0.6) is 5.75 Å². The molecule has 0 amide bonds. The zero-order chi connectivity index (χ0) is 12.9. The van der Waals surface area contributed by atoms with E-state index in [2.05, 4.69) is 5.32 Å². The topological polar surface area (TPSA) is 47.3 Å². The van der Waals surface area contributed by atoms with Crippen LogP contribution >= 0.6 is 0 Å². The van der Waals surface area contributed by atoms with Crippen molar-refractivity contribution in [3.05, 3.63) is 24.3 Å². The molecule has 1 rings (SSSR count). The van der Waals surface area contributed by atoms with E-state index in [9.17, 15) is 0 Å². The number of ether oxygens (including phenoxy) is 1. The van der Waals surface area contributed by atoms with Gasteiger partial charge >= 0.3 is 0 Å². The van der Waals surface area contributed by atoms with Crippen molar-refractivity contribution < 1.29 is 4.74 Å². The summed E-state index contributed by atoms with van der Waals surface area (Å²) in [5, 5.41) is 3.35. The second-order valence-electron chi connectivity index (χ2n) is 5.36. The molecule has 1 aromatic rings. The first kappa shape index (κ1) is 13.8. The quantitative estimate of drug-likeness (QED) is 0.798. The molecule has 3 heteroatoms. The number of hydrogen-bond donors (Lipinski definition) is 2. The molecule has 0 aliphatic heterocycles. The Hall–Kier alpha value is -1.22. The molecule has 0 saturated heterocycles. The van der Waals surface area contributed by atoms with E-state index in [0.717, 1.165) is 24.4 Å². The molecule has 0 fully saturated rings. The van der Waals surface area contributed by atoms with E-state index in [1.165, 1.54) is 0 Å². The van der Waals surface area contributed by atoms with Crippen molar-refractivity contribution in [2.24, 2.45) is 5.73 Å². The summed E-state index contributed by atoms with van der Waals surface area (Å²) >= 11 is 0. The van der Waals surface area contributed by atoms with E-state index in [0.29, 0.717) is 0 Å². The normalized spacial score (nSPS) is 11.6. The maximum absolute atomic E-state index is 5.92. The van der Waals surface area contributed by atoms with Crippen LogP contribution in [0.15, 0.2) is 24.3 Å². The lowest BCUT2D eigenvalue weighted by Crippen LogP contribution is -2.34. The number of nitrogens with one attached hydrogen (secondary N) is 1. The van der Waals surface area contributed by atoms with Gasteiger partial charge in [0.25, 0.3) is 0 Å². The molecule has 1 aromatic carbocycles. The average Bonchev–Trinajstić information content (AvgIpc) is 2.18. The van der Waals surface area contributed by atoms with Crippen molar-refractivity contribution in [1.82, 2.24) is 0 Å².